The molecule has 0 fully saturated rings. The average Bonchev–Trinajstić information content (AvgIpc) is 3.51. The van der Waals surface area contributed by atoms with Crippen LogP contribution in [0, 0.1) is 0 Å². The summed E-state index contributed by atoms with van der Waals surface area (Å²) in [5.41, 5.74) is 6.31. The Bertz CT molecular complexity index is 1000. The molecule has 0 radical (unpaired) electrons. The van der Waals surface area contributed by atoms with E-state index in [1.807, 2.05) is 24.3 Å². The second-order valence-corrected chi connectivity index (χ2v) is 10.3. The van der Waals surface area contributed by atoms with Crippen molar-refractivity contribution in [2.75, 3.05) is 0 Å². The maximum absolute atomic E-state index is 10.4. The Morgan fingerprint density at radius 1 is 0.606 bits per heavy atom. The van der Waals surface area contributed by atoms with E-state index in [4.69, 9.17) is 0 Å². The molecule has 0 spiro atoms. The van der Waals surface area contributed by atoms with Gasteiger partial charge < -0.3 is 0 Å². The number of carbonyl (C=O) groups is 1. The monoisotopic (exact) mass is 438 g/mol. The molecule has 1 heteroatoms. The van der Waals surface area contributed by atoms with Gasteiger partial charge in [-0.25, -0.2) is 0 Å². The van der Waals surface area contributed by atoms with Gasteiger partial charge in [0.05, 0.1) is 0 Å². The van der Waals surface area contributed by atoms with Gasteiger partial charge in [-0.1, -0.05) is 139 Å². The van der Waals surface area contributed by atoms with Crippen molar-refractivity contribution in [2.24, 2.45) is 0 Å². The van der Waals surface area contributed by atoms with Crippen molar-refractivity contribution >= 4 is 12.4 Å². The number of aldehydes is 1. The third-order valence-electron chi connectivity index (χ3n) is 5.37. The van der Waals surface area contributed by atoms with Gasteiger partial charge in [-0.05, 0) is 45.6 Å². The third-order valence-corrected chi connectivity index (χ3v) is 5.37. The van der Waals surface area contributed by atoms with E-state index in [9.17, 15) is 4.79 Å². The van der Waals surface area contributed by atoms with Crippen LogP contribution < -0.4 is 0 Å². The molecule has 2 aliphatic rings. The summed E-state index contributed by atoms with van der Waals surface area (Å²) in [6.07, 6.45) is 20.9. The maximum atomic E-state index is 10.4. The van der Waals surface area contributed by atoms with E-state index < -0.39 is 0 Å². The zero-order valence-electron chi connectivity index (χ0n) is 21.0. The zero-order chi connectivity index (χ0) is 24.3. The van der Waals surface area contributed by atoms with Gasteiger partial charge in [-0.3, -0.25) is 4.79 Å². The second-order valence-electron chi connectivity index (χ2n) is 10.3. The molecule has 0 aliphatic heterocycles. The number of hydrogen-bond acceptors (Lipinski definition) is 1. The third kappa shape index (κ3) is 9.45. The first-order chi connectivity index (χ1) is 15.6. The van der Waals surface area contributed by atoms with Crippen LogP contribution in [0.5, 0.6) is 0 Å². The van der Waals surface area contributed by atoms with E-state index >= 15 is 0 Å². The van der Waals surface area contributed by atoms with Crippen molar-refractivity contribution in [2.45, 2.75) is 58.8 Å². The molecule has 0 amide bonds. The van der Waals surface area contributed by atoms with Crippen LogP contribution in [-0.2, 0) is 10.8 Å². The Kier molecular flexibility index (Phi) is 9.60. The minimum Gasteiger partial charge on any atom is -0.298 e. The van der Waals surface area contributed by atoms with Gasteiger partial charge in [0, 0.05) is 5.56 Å². The number of hydrogen-bond donors (Lipinski definition) is 0. The summed E-state index contributed by atoms with van der Waals surface area (Å²) in [5.74, 6) is 0. The summed E-state index contributed by atoms with van der Waals surface area (Å²) in [6.45, 7) is 13.2. The molecule has 0 unspecified atom stereocenters. The molecule has 2 aromatic carbocycles. The van der Waals surface area contributed by atoms with Crippen molar-refractivity contribution in [3.8, 4) is 0 Å². The minimum atomic E-state index is 0.168. The number of allylic oxidation sites excluding steroid dienone is 9. The molecule has 2 aliphatic carbocycles. The molecule has 4 rings (SSSR count). The standard InChI is InChI=1S/C16H18.C11H14O.C5H6/c1-16(2,3)15-10-8-14(9-11-15)12-13-6-4-5-7-13;1-11(2,3)10-6-4-9(8-12)5-7-10;1-2-4-5-3-1/h4-12H,1-3H3;4-8H,1-3H3;1-4H,5H2. The van der Waals surface area contributed by atoms with E-state index in [2.05, 4.69) is 120 Å². The van der Waals surface area contributed by atoms with Crippen molar-refractivity contribution in [1.29, 1.82) is 0 Å². The van der Waals surface area contributed by atoms with Gasteiger partial charge in [-0.2, -0.15) is 0 Å². The Morgan fingerprint density at radius 2 is 1.03 bits per heavy atom. The highest BCUT2D eigenvalue weighted by atomic mass is 16.1. The molecule has 0 N–H and O–H groups in total. The first-order valence-corrected chi connectivity index (χ1v) is 11.6. The molecule has 0 aromatic heterocycles. The number of rotatable bonds is 2. The lowest BCUT2D eigenvalue weighted by molar-refractivity contribution is 0.112. The zero-order valence-corrected chi connectivity index (χ0v) is 21.0. The van der Waals surface area contributed by atoms with Crippen molar-refractivity contribution in [3.63, 3.8) is 0 Å². The average molecular weight is 439 g/mol. The van der Waals surface area contributed by atoms with Crippen molar-refractivity contribution < 1.29 is 4.79 Å². The molecule has 1 nitrogen and oxygen atoms in total. The Labute approximate surface area is 201 Å². The lowest BCUT2D eigenvalue weighted by atomic mass is 9.86. The smallest absolute Gasteiger partial charge is 0.150 e. The normalized spacial score (nSPS) is 13.8. The van der Waals surface area contributed by atoms with Crippen molar-refractivity contribution in [1.82, 2.24) is 0 Å². The van der Waals surface area contributed by atoms with Gasteiger partial charge >= 0.3 is 0 Å². The highest BCUT2D eigenvalue weighted by Crippen LogP contribution is 2.23. The lowest BCUT2D eigenvalue weighted by Crippen LogP contribution is -2.10. The Morgan fingerprint density at radius 3 is 1.36 bits per heavy atom. The van der Waals surface area contributed by atoms with E-state index in [0.717, 1.165) is 18.3 Å². The fourth-order valence-corrected chi connectivity index (χ4v) is 3.21. The topological polar surface area (TPSA) is 17.1 Å². The summed E-state index contributed by atoms with van der Waals surface area (Å²) in [4.78, 5) is 10.4. The molecular formula is C32H38O. The van der Waals surface area contributed by atoms with Gasteiger partial charge in [0.25, 0.3) is 0 Å². The fourth-order valence-electron chi connectivity index (χ4n) is 3.21. The Hall–Kier alpha value is -3.19. The minimum absolute atomic E-state index is 0.168. The number of carbonyl (C=O) groups excluding carboxylic acids is 1. The van der Waals surface area contributed by atoms with Gasteiger partial charge in [0.15, 0.2) is 0 Å². The van der Waals surface area contributed by atoms with Crippen LogP contribution in [0.3, 0.4) is 0 Å². The van der Waals surface area contributed by atoms with Crippen LogP contribution in [0.2, 0.25) is 0 Å². The summed E-state index contributed by atoms with van der Waals surface area (Å²) in [7, 11) is 0. The van der Waals surface area contributed by atoms with Gasteiger partial charge in [-0.15, -0.1) is 0 Å². The number of benzene rings is 2. The highest BCUT2D eigenvalue weighted by Gasteiger charge is 2.13. The van der Waals surface area contributed by atoms with Gasteiger partial charge in [0.2, 0.25) is 0 Å². The summed E-state index contributed by atoms with van der Waals surface area (Å²) >= 11 is 0. The van der Waals surface area contributed by atoms with Crippen LogP contribution in [-0.4, -0.2) is 6.29 Å². The van der Waals surface area contributed by atoms with Crippen LogP contribution >= 0.6 is 0 Å². The SMILES string of the molecule is C1=CCC=C1.CC(C)(C)c1ccc(C=C2C=CC=C2)cc1.CC(C)(C)c1ccc(C=O)cc1. The van der Waals surface area contributed by atoms with Crippen LogP contribution in [0.1, 0.15) is 75.0 Å². The quantitative estimate of drug-likeness (QED) is 0.428. The molecule has 0 saturated heterocycles. The summed E-state index contributed by atoms with van der Waals surface area (Å²) in [5, 5.41) is 0. The van der Waals surface area contributed by atoms with E-state index in [1.165, 1.54) is 22.3 Å². The van der Waals surface area contributed by atoms with E-state index in [0.29, 0.717) is 0 Å². The maximum Gasteiger partial charge on any atom is 0.150 e. The van der Waals surface area contributed by atoms with Crippen LogP contribution in [0.4, 0.5) is 0 Å². The molecular weight excluding hydrogens is 400 g/mol. The summed E-state index contributed by atoms with van der Waals surface area (Å²) < 4.78 is 0. The van der Waals surface area contributed by atoms with E-state index in [1.54, 1.807) is 0 Å². The molecule has 0 heterocycles. The largest absolute Gasteiger partial charge is 0.298 e. The van der Waals surface area contributed by atoms with Crippen LogP contribution in [0.15, 0.2) is 103 Å². The highest BCUT2D eigenvalue weighted by molar-refractivity contribution is 5.74. The van der Waals surface area contributed by atoms with Crippen LogP contribution in [0.25, 0.3) is 6.08 Å². The van der Waals surface area contributed by atoms with Gasteiger partial charge in [0.1, 0.15) is 6.29 Å². The molecule has 33 heavy (non-hydrogen) atoms. The predicted molar refractivity (Wildman–Crippen MR) is 145 cm³/mol. The first kappa shape index (κ1) is 26.1. The predicted octanol–water partition coefficient (Wildman–Crippen LogP) is 8.79. The molecule has 0 bridgehead atoms. The van der Waals surface area contributed by atoms with Crippen molar-refractivity contribution in [3.05, 3.63) is 125 Å². The lowest BCUT2D eigenvalue weighted by Gasteiger charge is -2.18. The van der Waals surface area contributed by atoms with E-state index in [-0.39, 0.29) is 10.8 Å². The molecule has 0 atom stereocenters. The molecule has 172 valence electrons. The Balaban J connectivity index is 0.000000198. The first-order valence-electron chi connectivity index (χ1n) is 11.6. The molecule has 2 aromatic rings. The summed E-state index contributed by atoms with van der Waals surface area (Å²) in [6, 6.07) is 16.5. The molecule has 0 saturated carbocycles. The second kappa shape index (κ2) is 12.2. The fraction of sp³-hybridized carbons (Fsp3) is 0.281.